The molecule has 0 aliphatic rings. The zero-order valence-corrected chi connectivity index (χ0v) is 15.5. The summed E-state index contributed by atoms with van der Waals surface area (Å²) in [6.45, 7) is 1.74. The van der Waals surface area contributed by atoms with Crippen LogP contribution in [0, 0.1) is 17.0 Å². The molecule has 0 fully saturated rings. The predicted molar refractivity (Wildman–Crippen MR) is 102 cm³/mol. The Hall–Kier alpha value is -2.52. The number of non-ortho nitro benzene ring substituents is 1. The molecule has 0 radical (unpaired) electrons. The fraction of sp³-hybridized carbons (Fsp3) is 0.125. The van der Waals surface area contributed by atoms with Crippen LogP contribution in [0.4, 0.5) is 11.4 Å². The highest BCUT2D eigenvalue weighted by Crippen LogP contribution is 2.25. The minimum Gasteiger partial charge on any atom is -0.483 e. The summed E-state index contributed by atoms with van der Waals surface area (Å²) >= 11 is 8.39. The molecule has 0 heterocycles. The van der Waals surface area contributed by atoms with Gasteiger partial charge in [0.05, 0.1) is 9.40 Å². The lowest BCUT2D eigenvalue weighted by Gasteiger charge is -2.11. The highest BCUT2D eigenvalue weighted by Gasteiger charge is 2.09. The number of halogens is 1. The van der Waals surface area contributed by atoms with Crippen LogP contribution < -0.4 is 15.4 Å². The van der Waals surface area contributed by atoms with Crippen LogP contribution >= 0.6 is 28.1 Å². The summed E-state index contributed by atoms with van der Waals surface area (Å²) in [5.74, 6) is 0.127. The number of anilines is 1. The van der Waals surface area contributed by atoms with E-state index in [1.54, 1.807) is 6.07 Å². The first-order valence-electron chi connectivity index (χ1n) is 7.09. The molecule has 25 heavy (non-hydrogen) atoms. The Morgan fingerprint density at radius 2 is 1.96 bits per heavy atom. The maximum Gasteiger partial charge on any atom is 0.269 e. The van der Waals surface area contributed by atoms with E-state index in [4.69, 9.17) is 17.0 Å². The van der Waals surface area contributed by atoms with Crippen molar-refractivity contribution < 1.29 is 14.5 Å². The summed E-state index contributed by atoms with van der Waals surface area (Å²) in [4.78, 5) is 22.0. The maximum absolute atomic E-state index is 11.9. The minimum atomic E-state index is -0.496. The predicted octanol–water partition coefficient (Wildman–Crippen LogP) is 3.56. The van der Waals surface area contributed by atoms with Crippen molar-refractivity contribution in [2.75, 3.05) is 11.9 Å². The Morgan fingerprint density at radius 1 is 1.28 bits per heavy atom. The largest absolute Gasteiger partial charge is 0.483 e. The summed E-state index contributed by atoms with van der Waals surface area (Å²) in [6, 6.07) is 11.2. The molecule has 0 bridgehead atoms. The van der Waals surface area contributed by atoms with Gasteiger partial charge in [-0.25, -0.2) is 0 Å². The number of carbonyl (C=O) groups is 1. The number of hydrogen-bond acceptors (Lipinski definition) is 5. The van der Waals surface area contributed by atoms with Crippen LogP contribution in [0.25, 0.3) is 0 Å². The van der Waals surface area contributed by atoms with Crippen molar-refractivity contribution in [2.45, 2.75) is 6.92 Å². The molecule has 0 saturated carbocycles. The summed E-state index contributed by atoms with van der Waals surface area (Å²) in [7, 11) is 0. The molecular formula is C16H14BrN3O4S. The summed E-state index contributed by atoms with van der Waals surface area (Å²) in [5, 5.41) is 15.9. The van der Waals surface area contributed by atoms with Gasteiger partial charge in [-0.05, 0) is 64.9 Å². The fourth-order valence-electron chi connectivity index (χ4n) is 1.86. The van der Waals surface area contributed by atoms with Crippen LogP contribution in [0.5, 0.6) is 5.75 Å². The monoisotopic (exact) mass is 423 g/mol. The van der Waals surface area contributed by atoms with Gasteiger partial charge < -0.3 is 10.1 Å². The molecule has 0 aromatic heterocycles. The molecule has 0 saturated heterocycles. The van der Waals surface area contributed by atoms with E-state index in [1.165, 1.54) is 24.3 Å². The highest BCUT2D eigenvalue weighted by atomic mass is 79.9. The van der Waals surface area contributed by atoms with E-state index in [0.717, 1.165) is 10.0 Å². The number of ether oxygens (including phenoxy) is 1. The Kier molecular flexibility index (Phi) is 6.43. The van der Waals surface area contributed by atoms with E-state index in [2.05, 4.69) is 26.6 Å². The number of rotatable bonds is 5. The average Bonchev–Trinajstić information content (AvgIpc) is 2.54. The summed E-state index contributed by atoms with van der Waals surface area (Å²) in [5.41, 5.74) is 1.56. The summed E-state index contributed by atoms with van der Waals surface area (Å²) in [6.07, 6.45) is 0. The molecule has 2 aromatic carbocycles. The third kappa shape index (κ3) is 5.80. The number of amides is 1. The highest BCUT2D eigenvalue weighted by molar-refractivity contribution is 9.10. The number of hydrogen-bond donors (Lipinski definition) is 2. The normalized spacial score (nSPS) is 10.0. The molecule has 0 unspecified atom stereocenters. The van der Waals surface area contributed by atoms with Gasteiger partial charge in [0.1, 0.15) is 5.75 Å². The van der Waals surface area contributed by atoms with Crippen LogP contribution in [-0.4, -0.2) is 22.5 Å². The Bertz CT molecular complexity index is 812. The second-order valence-electron chi connectivity index (χ2n) is 5.03. The van der Waals surface area contributed by atoms with Gasteiger partial charge in [0.25, 0.3) is 11.6 Å². The van der Waals surface area contributed by atoms with Crippen molar-refractivity contribution >= 4 is 50.5 Å². The van der Waals surface area contributed by atoms with Crippen molar-refractivity contribution in [3.05, 3.63) is 62.6 Å². The topological polar surface area (TPSA) is 93.5 Å². The number of thiocarbonyl (C=S) groups is 1. The molecule has 130 valence electrons. The molecule has 1 amide bonds. The first-order chi connectivity index (χ1) is 11.8. The molecule has 9 heteroatoms. The van der Waals surface area contributed by atoms with E-state index >= 15 is 0 Å². The number of benzene rings is 2. The zero-order valence-electron chi connectivity index (χ0n) is 13.1. The van der Waals surface area contributed by atoms with E-state index in [1.807, 2.05) is 19.1 Å². The Labute approximate surface area is 157 Å². The van der Waals surface area contributed by atoms with Gasteiger partial charge in [0.2, 0.25) is 0 Å². The number of aryl methyl sites for hydroxylation is 1. The quantitative estimate of drug-likeness (QED) is 0.433. The third-order valence-corrected chi connectivity index (χ3v) is 3.86. The van der Waals surface area contributed by atoms with E-state index in [0.29, 0.717) is 11.4 Å². The second kappa shape index (κ2) is 8.54. The van der Waals surface area contributed by atoms with E-state index in [9.17, 15) is 14.9 Å². The molecule has 0 atom stereocenters. The number of nitro benzene ring substituents is 1. The van der Waals surface area contributed by atoms with Gasteiger partial charge in [-0.2, -0.15) is 0 Å². The maximum atomic E-state index is 11.9. The van der Waals surface area contributed by atoms with Crippen molar-refractivity contribution in [3.63, 3.8) is 0 Å². The van der Waals surface area contributed by atoms with Crippen LogP contribution in [-0.2, 0) is 4.79 Å². The van der Waals surface area contributed by atoms with Gasteiger partial charge in [-0.3, -0.25) is 20.2 Å². The second-order valence-corrected chi connectivity index (χ2v) is 6.29. The minimum absolute atomic E-state index is 0.0300. The first kappa shape index (κ1) is 18.8. The lowest BCUT2D eigenvalue weighted by Crippen LogP contribution is -2.37. The summed E-state index contributed by atoms with van der Waals surface area (Å²) < 4.78 is 6.18. The number of carbonyl (C=O) groups excluding carboxylic acids is 1. The van der Waals surface area contributed by atoms with E-state index in [-0.39, 0.29) is 17.4 Å². The molecule has 2 aromatic rings. The van der Waals surface area contributed by atoms with Gasteiger partial charge in [0, 0.05) is 17.8 Å². The van der Waals surface area contributed by atoms with Crippen LogP contribution in [0.3, 0.4) is 0 Å². The van der Waals surface area contributed by atoms with Gasteiger partial charge >= 0.3 is 0 Å². The number of nitrogens with one attached hydrogen (secondary N) is 2. The van der Waals surface area contributed by atoms with Gasteiger partial charge in [0.15, 0.2) is 11.7 Å². The fourth-order valence-corrected chi connectivity index (χ4v) is 2.70. The first-order valence-corrected chi connectivity index (χ1v) is 8.29. The standard InChI is InChI=1S/C16H14BrN3O4S/c1-10-2-7-14(13(17)8-10)24-9-15(21)19-16(25)18-11-3-5-12(6-4-11)20(22)23/h2-8H,9H2,1H3,(H2,18,19,21,25). The zero-order chi connectivity index (χ0) is 18.4. The third-order valence-electron chi connectivity index (χ3n) is 3.04. The molecule has 2 rings (SSSR count). The van der Waals surface area contributed by atoms with Gasteiger partial charge in [-0.15, -0.1) is 0 Å². The number of nitro groups is 1. The molecule has 7 nitrogen and oxygen atoms in total. The Balaban J connectivity index is 1.83. The van der Waals surface area contributed by atoms with E-state index < -0.39 is 10.8 Å². The SMILES string of the molecule is Cc1ccc(OCC(=O)NC(=S)Nc2ccc([N+](=O)[O-])cc2)c(Br)c1. The molecule has 0 aliphatic carbocycles. The van der Waals surface area contributed by atoms with Crippen molar-refractivity contribution in [1.29, 1.82) is 0 Å². The Morgan fingerprint density at radius 3 is 2.56 bits per heavy atom. The van der Waals surface area contributed by atoms with Gasteiger partial charge in [-0.1, -0.05) is 6.07 Å². The van der Waals surface area contributed by atoms with Crippen LogP contribution in [0.15, 0.2) is 46.9 Å². The van der Waals surface area contributed by atoms with Crippen molar-refractivity contribution in [3.8, 4) is 5.75 Å². The van der Waals surface area contributed by atoms with Crippen molar-refractivity contribution in [2.24, 2.45) is 0 Å². The molecule has 2 N–H and O–H groups in total. The number of nitrogens with zero attached hydrogens (tertiary/aromatic N) is 1. The lowest BCUT2D eigenvalue weighted by atomic mass is 10.2. The van der Waals surface area contributed by atoms with Crippen LogP contribution in [0.2, 0.25) is 0 Å². The molecule has 0 spiro atoms. The lowest BCUT2D eigenvalue weighted by molar-refractivity contribution is -0.384. The van der Waals surface area contributed by atoms with Crippen molar-refractivity contribution in [1.82, 2.24) is 5.32 Å². The smallest absolute Gasteiger partial charge is 0.269 e. The average molecular weight is 424 g/mol. The molecular weight excluding hydrogens is 410 g/mol. The van der Waals surface area contributed by atoms with Crippen LogP contribution in [0.1, 0.15) is 5.56 Å². The molecule has 0 aliphatic heterocycles.